The van der Waals surface area contributed by atoms with Crippen LogP contribution in [0.2, 0.25) is 0 Å². The van der Waals surface area contributed by atoms with Crippen LogP contribution in [-0.2, 0) is 0 Å². The molecule has 1 fully saturated rings. The molecular weight excluding hydrogens is 122 g/mol. The topological polar surface area (TPSA) is 20.1 Å². The summed E-state index contributed by atoms with van der Waals surface area (Å²) >= 11 is 1.29. The summed E-state index contributed by atoms with van der Waals surface area (Å²) < 4.78 is 0. The molecule has 0 aliphatic carbocycles. The fraction of sp³-hybridized carbons (Fsp3) is 0.800. The van der Waals surface area contributed by atoms with Gasteiger partial charge in [0.05, 0.1) is 0 Å². The Kier molecular flexibility index (Phi) is 1.47. The summed E-state index contributed by atoms with van der Waals surface area (Å²) in [5.74, 6) is 0. The minimum atomic E-state index is 0.206. The highest BCUT2D eigenvalue weighted by molar-refractivity contribution is 8.12. The van der Waals surface area contributed by atoms with Gasteiger partial charge in [0, 0.05) is 12.6 Å². The number of carbonyl (C=O) groups excluding carboxylic acids is 1. The second-order valence-electron chi connectivity index (χ2n) is 1.97. The van der Waals surface area contributed by atoms with Crippen LogP contribution in [0.15, 0.2) is 0 Å². The maximum atomic E-state index is 10.7. The summed E-state index contributed by atoms with van der Waals surface area (Å²) in [7, 11) is 0. The lowest BCUT2D eigenvalue weighted by atomic mass is 10.6. The predicted octanol–water partition coefficient (Wildman–Crippen LogP) is 1.17. The van der Waals surface area contributed by atoms with Crippen molar-refractivity contribution in [2.24, 2.45) is 0 Å². The van der Waals surface area contributed by atoms with E-state index in [1.165, 1.54) is 11.8 Å². The Morgan fingerprint density at radius 3 is 2.50 bits per heavy atom. The van der Waals surface area contributed by atoms with E-state index in [1.54, 1.807) is 0 Å². The molecule has 8 heavy (non-hydrogen) atoms. The van der Waals surface area contributed by atoms with Gasteiger partial charge in [-0.3, -0.25) is 4.79 Å². The Balaban J connectivity index is 2.28. The quantitative estimate of drug-likeness (QED) is 0.460. The fourth-order valence-corrected chi connectivity index (χ4v) is 1.10. The first kappa shape index (κ1) is 5.95. The molecule has 1 aliphatic heterocycles. The summed E-state index contributed by atoms with van der Waals surface area (Å²) in [6.07, 6.45) is 1.81. The molecular formula is C5H9NOS. The first-order valence-electron chi connectivity index (χ1n) is 2.60. The zero-order chi connectivity index (χ0) is 6.15. The van der Waals surface area contributed by atoms with Crippen molar-refractivity contribution in [1.82, 2.24) is 4.90 Å². The number of hydrogen-bond acceptors (Lipinski definition) is 2. The van der Waals surface area contributed by atoms with E-state index >= 15 is 0 Å². The lowest BCUT2D eigenvalue weighted by Gasteiger charge is -1.94. The van der Waals surface area contributed by atoms with Crippen molar-refractivity contribution in [1.29, 1.82) is 0 Å². The van der Waals surface area contributed by atoms with E-state index in [0.717, 1.165) is 6.54 Å². The number of carbonyl (C=O) groups is 1. The highest BCUT2D eigenvalue weighted by Crippen LogP contribution is 2.20. The molecule has 2 nitrogen and oxygen atoms in total. The van der Waals surface area contributed by atoms with Crippen LogP contribution in [0.25, 0.3) is 0 Å². The third-order valence-electron chi connectivity index (χ3n) is 1.27. The normalized spacial score (nSPS) is 25.8. The van der Waals surface area contributed by atoms with E-state index in [2.05, 4.69) is 0 Å². The lowest BCUT2D eigenvalue weighted by Crippen LogP contribution is -2.03. The van der Waals surface area contributed by atoms with Crippen LogP contribution < -0.4 is 0 Å². The highest BCUT2D eigenvalue weighted by Gasteiger charge is 2.33. The Labute approximate surface area is 53.2 Å². The van der Waals surface area contributed by atoms with E-state index in [0.29, 0.717) is 6.04 Å². The summed E-state index contributed by atoms with van der Waals surface area (Å²) in [4.78, 5) is 12.5. The monoisotopic (exact) mass is 131 g/mol. The van der Waals surface area contributed by atoms with Crippen molar-refractivity contribution < 1.29 is 4.79 Å². The predicted molar refractivity (Wildman–Crippen MR) is 35.1 cm³/mol. The molecule has 0 N–H and O–H groups in total. The van der Waals surface area contributed by atoms with Crippen LogP contribution in [0.3, 0.4) is 0 Å². The van der Waals surface area contributed by atoms with Gasteiger partial charge in [-0.15, -0.1) is 0 Å². The molecule has 0 aromatic carbocycles. The van der Waals surface area contributed by atoms with Gasteiger partial charge in [-0.05, 0) is 13.2 Å². The molecule has 1 aliphatic rings. The van der Waals surface area contributed by atoms with Gasteiger partial charge in [0.15, 0.2) is 0 Å². The van der Waals surface area contributed by atoms with Crippen molar-refractivity contribution in [3.05, 3.63) is 0 Å². The van der Waals surface area contributed by atoms with Gasteiger partial charge < -0.3 is 4.90 Å². The lowest BCUT2D eigenvalue weighted by molar-refractivity contribution is 0.250. The van der Waals surface area contributed by atoms with Gasteiger partial charge in [-0.25, -0.2) is 0 Å². The number of nitrogens with zero attached hydrogens (tertiary/aromatic N) is 1. The van der Waals surface area contributed by atoms with Gasteiger partial charge in [0.1, 0.15) is 0 Å². The molecule has 0 radical (unpaired) electrons. The Morgan fingerprint density at radius 2 is 2.38 bits per heavy atom. The molecule has 46 valence electrons. The minimum Gasteiger partial charge on any atom is -0.327 e. The molecule has 1 saturated heterocycles. The van der Waals surface area contributed by atoms with Crippen LogP contribution in [0.1, 0.15) is 6.92 Å². The van der Waals surface area contributed by atoms with Gasteiger partial charge >= 0.3 is 0 Å². The number of amides is 1. The molecule has 3 heteroatoms. The smallest absolute Gasteiger partial charge is 0.281 e. The maximum absolute atomic E-state index is 10.7. The van der Waals surface area contributed by atoms with Gasteiger partial charge in [0.2, 0.25) is 0 Å². The van der Waals surface area contributed by atoms with E-state index < -0.39 is 0 Å². The van der Waals surface area contributed by atoms with Crippen LogP contribution in [0.4, 0.5) is 4.79 Å². The number of hydrogen-bond donors (Lipinski definition) is 0. The first-order chi connectivity index (χ1) is 3.75. The van der Waals surface area contributed by atoms with Crippen LogP contribution in [0, 0.1) is 0 Å². The zero-order valence-electron chi connectivity index (χ0n) is 5.05. The Bertz CT molecular complexity index is 115. The van der Waals surface area contributed by atoms with Crippen LogP contribution >= 0.6 is 11.8 Å². The zero-order valence-corrected chi connectivity index (χ0v) is 5.86. The van der Waals surface area contributed by atoms with E-state index in [9.17, 15) is 4.79 Å². The molecule has 1 unspecified atom stereocenters. The molecule has 0 aromatic rings. The van der Waals surface area contributed by atoms with Gasteiger partial charge in [-0.1, -0.05) is 11.8 Å². The van der Waals surface area contributed by atoms with E-state index in [1.807, 2.05) is 18.1 Å². The van der Waals surface area contributed by atoms with Crippen molar-refractivity contribution in [3.63, 3.8) is 0 Å². The molecule has 1 atom stereocenters. The van der Waals surface area contributed by atoms with Crippen LogP contribution in [-0.4, -0.2) is 29.0 Å². The van der Waals surface area contributed by atoms with E-state index in [-0.39, 0.29) is 5.24 Å². The SMILES string of the molecule is CSC(=O)N1CC1C. The Hall–Kier alpha value is -0.180. The number of rotatable bonds is 0. The highest BCUT2D eigenvalue weighted by atomic mass is 32.2. The Morgan fingerprint density at radius 1 is 1.88 bits per heavy atom. The third kappa shape index (κ3) is 0.968. The third-order valence-corrected chi connectivity index (χ3v) is 1.85. The molecule has 0 saturated carbocycles. The molecule has 1 rings (SSSR count). The molecule has 0 aromatic heterocycles. The van der Waals surface area contributed by atoms with Crippen LogP contribution in [0.5, 0.6) is 0 Å². The molecule has 1 amide bonds. The van der Waals surface area contributed by atoms with Crippen molar-refractivity contribution in [2.45, 2.75) is 13.0 Å². The molecule has 0 bridgehead atoms. The summed E-state index contributed by atoms with van der Waals surface area (Å²) in [6.45, 7) is 3.01. The van der Waals surface area contributed by atoms with Gasteiger partial charge in [-0.2, -0.15) is 0 Å². The minimum absolute atomic E-state index is 0.206. The fourth-order valence-electron chi connectivity index (χ4n) is 0.609. The summed E-state index contributed by atoms with van der Waals surface area (Å²) in [5.41, 5.74) is 0. The largest absolute Gasteiger partial charge is 0.327 e. The summed E-state index contributed by atoms with van der Waals surface area (Å²) in [5, 5.41) is 0.206. The summed E-state index contributed by atoms with van der Waals surface area (Å²) in [6, 6.07) is 0.509. The average Bonchev–Trinajstić information content (AvgIpc) is 2.45. The van der Waals surface area contributed by atoms with E-state index in [4.69, 9.17) is 0 Å². The standard InChI is InChI=1S/C5H9NOS/c1-4-3-6(4)5(7)8-2/h4H,3H2,1-2H3. The second-order valence-corrected chi connectivity index (χ2v) is 2.73. The van der Waals surface area contributed by atoms with Crippen molar-refractivity contribution in [3.8, 4) is 0 Å². The average molecular weight is 131 g/mol. The molecule has 0 spiro atoms. The number of thioether (sulfide) groups is 1. The maximum Gasteiger partial charge on any atom is 0.281 e. The molecule has 1 heterocycles. The first-order valence-corrected chi connectivity index (χ1v) is 3.82. The van der Waals surface area contributed by atoms with Gasteiger partial charge in [0.25, 0.3) is 5.24 Å². The van der Waals surface area contributed by atoms with Crippen molar-refractivity contribution in [2.75, 3.05) is 12.8 Å². The second kappa shape index (κ2) is 1.97. The van der Waals surface area contributed by atoms with Crippen molar-refractivity contribution >= 4 is 17.0 Å².